The van der Waals surface area contributed by atoms with Gasteiger partial charge in [-0.05, 0) is 36.5 Å². The summed E-state index contributed by atoms with van der Waals surface area (Å²) in [5.41, 5.74) is 1.11. The molecule has 3 heterocycles. The average molecular weight is 260 g/mol. The zero-order valence-corrected chi connectivity index (χ0v) is 10.9. The SMILES string of the molecule is c1cn(-c2ccc(NC3CCSCC3)cn2)cn1. The van der Waals surface area contributed by atoms with Gasteiger partial charge in [-0.3, -0.25) is 4.57 Å². The number of thioether (sulfide) groups is 1. The zero-order valence-electron chi connectivity index (χ0n) is 10.1. The second-order valence-corrected chi connectivity index (χ2v) is 5.63. The van der Waals surface area contributed by atoms with E-state index in [0.717, 1.165) is 11.5 Å². The van der Waals surface area contributed by atoms with Gasteiger partial charge in [0.2, 0.25) is 0 Å². The molecule has 2 aromatic heterocycles. The Balaban J connectivity index is 1.67. The molecule has 5 heteroatoms. The number of anilines is 1. The van der Waals surface area contributed by atoms with Crippen molar-refractivity contribution in [2.24, 2.45) is 0 Å². The van der Waals surface area contributed by atoms with Gasteiger partial charge >= 0.3 is 0 Å². The summed E-state index contributed by atoms with van der Waals surface area (Å²) in [6, 6.07) is 4.71. The molecule has 2 aromatic rings. The summed E-state index contributed by atoms with van der Waals surface area (Å²) in [6.45, 7) is 0. The van der Waals surface area contributed by atoms with Crippen LogP contribution < -0.4 is 5.32 Å². The van der Waals surface area contributed by atoms with E-state index in [-0.39, 0.29) is 0 Å². The van der Waals surface area contributed by atoms with Crippen molar-refractivity contribution in [3.05, 3.63) is 37.1 Å². The Labute approximate surface area is 111 Å². The van der Waals surface area contributed by atoms with Gasteiger partial charge in [0.1, 0.15) is 12.1 Å². The molecule has 94 valence electrons. The molecule has 1 saturated heterocycles. The molecular formula is C13H16N4S. The number of nitrogens with zero attached hydrogens (tertiary/aromatic N) is 3. The minimum Gasteiger partial charge on any atom is -0.381 e. The fourth-order valence-electron chi connectivity index (χ4n) is 2.10. The average Bonchev–Trinajstić information content (AvgIpc) is 2.95. The van der Waals surface area contributed by atoms with Crippen LogP contribution in [-0.4, -0.2) is 32.1 Å². The van der Waals surface area contributed by atoms with Crippen LogP contribution in [0, 0.1) is 0 Å². The molecular weight excluding hydrogens is 244 g/mol. The van der Waals surface area contributed by atoms with Crippen molar-refractivity contribution < 1.29 is 0 Å². The largest absolute Gasteiger partial charge is 0.381 e. The van der Waals surface area contributed by atoms with E-state index in [2.05, 4.69) is 21.4 Å². The lowest BCUT2D eigenvalue weighted by atomic mass is 10.1. The molecule has 1 aliphatic heterocycles. The summed E-state index contributed by atoms with van der Waals surface area (Å²) in [5, 5.41) is 3.55. The van der Waals surface area contributed by atoms with E-state index < -0.39 is 0 Å². The molecule has 0 saturated carbocycles. The van der Waals surface area contributed by atoms with Gasteiger partial charge in [-0.25, -0.2) is 9.97 Å². The van der Waals surface area contributed by atoms with Gasteiger partial charge in [0.25, 0.3) is 0 Å². The molecule has 4 nitrogen and oxygen atoms in total. The van der Waals surface area contributed by atoms with E-state index in [4.69, 9.17) is 0 Å². The van der Waals surface area contributed by atoms with Crippen molar-refractivity contribution in [3.8, 4) is 5.82 Å². The molecule has 18 heavy (non-hydrogen) atoms. The topological polar surface area (TPSA) is 42.7 Å². The fourth-order valence-corrected chi connectivity index (χ4v) is 3.20. The molecule has 3 rings (SSSR count). The Morgan fingerprint density at radius 3 is 2.83 bits per heavy atom. The summed E-state index contributed by atoms with van der Waals surface area (Å²) in [7, 11) is 0. The van der Waals surface area contributed by atoms with Gasteiger partial charge in [-0.15, -0.1) is 0 Å². The molecule has 1 fully saturated rings. The molecule has 0 atom stereocenters. The number of nitrogens with one attached hydrogen (secondary N) is 1. The van der Waals surface area contributed by atoms with E-state index in [1.54, 1.807) is 12.5 Å². The molecule has 0 amide bonds. The first-order valence-corrected chi connectivity index (χ1v) is 7.36. The van der Waals surface area contributed by atoms with Crippen molar-refractivity contribution >= 4 is 17.4 Å². The highest BCUT2D eigenvalue weighted by Crippen LogP contribution is 2.20. The molecule has 0 bridgehead atoms. The summed E-state index contributed by atoms with van der Waals surface area (Å²) >= 11 is 2.04. The minimum absolute atomic E-state index is 0.604. The van der Waals surface area contributed by atoms with Gasteiger partial charge in [0, 0.05) is 18.4 Å². The number of aromatic nitrogens is 3. The van der Waals surface area contributed by atoms with Gasteiger partial charge in [-0.2, -0.15) is 11.8 Å². The quantitative estimate of drug-likeness (QED) is 0.921. The number of hydrogen-bond donors (Lipinski definition) is 1. The van der Waals surface area contributed by atoms with Crippen LogP contribution in [0.3, 0.4) is 0 Å². The number of hydrogen-bond acceptors (Lipinski definition) is 4. The highest BCUT2D eigenvalue weighted by Gasteiger charge is 2.13. The Morgan fingerprint density at radius 2 is 2.17 bits per heavy atom. The number of pyridine rings is 1. The lowest BCUT2D eigenvalue weighted by molar-refractivity contribution is 0.666. The lowest BCUT2D eigenvalue weighted by Crippen LogP contribution is -2.24. The molecule has 0 unspecified atom stereocenters. The fraction of sp³-hybridized carbons (Fsp3) is 0.385. The first-order valence-electron chi connectivity index (χ1n) is 6.20. The Bertz CT molecular complexity index is 474. The van der Waals surface area contributed by atoms with Crippen LogP contribution in [0.15, 0.2) is 37.1 Å². The highest BCUT2D eigenvalue weighted by molar-refractivity contribution is 7.99. The highest BCUT2D eigenvalue weighted by atomic mass is 32.2. The lowest BCUT2D eigenvalue weighted by Gasteiger charge is -2.23. The van der Waals surface area contributed by atoms with E-state index in [1.165, 1.54) is 24.3 Å². The van der Waals surface area contributed by atoms with E-state index in [9.17, 15) is 0 Å². The van der Waals surface area contributed by atoms with E-state index in [1.807, 2.05) is 34.8 Å². The van der Waals surface area contributed by atoms with Gasteiger partial charge in [-0.1, -0.05) is 0 Å². The van der Waals surface area contributed by atoms with Crippen LogP contribution in [0.25, 0.3) is 5.82 Å². The van der Waals surface area contributed by atoms with Crippen LogP contribution in [0.2, 0.25) is 0 Å². The van der Waals surface area contributed by atoms with Crippen LogP contribution >= 0.6 is 11.8 Å². The third-order valence-electron chi connectivity index (χ3n) is 3.11. The van der Waals surface area contributed by atoms with Gasteiger partial charge < -0.3 is 5.32 Å². The second kappa shape index (κ2) is 5.44. The third-order valence-corrected chi connectivity index (χ3v) is 4.16. The summed E-state index contributed by atoms with van der Waals surface area (Å²) in [6.07, 6.45) is 9.80. The molecule has 0 aromatic carbocycles. The molecule has 0 aliphatic carbocycles. The van der Waals surface area contributed by atoms with Crippen LogP contribution in [0.4, 0.5) is 5.69 Å². The maximum Gasteiger partial charge on any atom is 0.137 e. The van der Waals surface area contributed by atoms with Crippen LogP contribution in [0.1, 0.15) is 12.8 Å². The first kappa shape index (κ1) is 11.6. The number of imidazole rings is 1. The monoisotopic (exact) mass is 260 g/mol. The van der Waals surface area contributed by atoms with Gasteiger partial charge in [0.15, 0.2) is 0 Å². The predicted octanol–water partition coefficient (Wildman–Crippen LogP) is 2.57. The van der Waals surface area contributed by atoms with E-state index in [0.29, 0.717) is 6.04 Å². The van der Waals surface area contributed by atoms with Crippen molar-refractivity contribution in [2.45, 2.75) is 18.9 Å². The molecule has 0 radical (unpaired) electrons. The smallest absolute Gasteiger partial charge is 0.137 e. The standard InChI is InChI=1S/C13H16N4S/c1-2-13(17-6-5-14-10-17)15-9-12(1)16-11-3-7-18-8-4-11/h1-2,5-6,9-11,16H,3-4,7-8H2. The normalized spacial score (nSPS) is 16.7. The number of rotatable bonds is 3. The maximum absolute atomic E-state index is 4.44. The predicted molar refractivity (Wildman–Crippen MR) is 75.3 cm³/mol. The molecule has 1 N–H and O–H groups in total. The van der Waals surface area contributed by atoms with Gasteiger partial charge in [0.05, 0.1) is 11.9 Å². The van der Waals surface area contributed by atoms with E-state index >= 15 is 0 Å². The van der Waals surface area contributed by atoms with Crippen LogP contribution in [-0.2, 0) is 0 Å². The molecule has 1 aliphatic rings. The maximum atomic E-state index is 4.44. The van der Waals surface area contributed by atoms with Crippen molar-refractivity contribution in [1.29, 1.82) is 0 Å². The molecule has 0 spiro atoms. The summed E-state index contributed by atoms with van der Waals surface area (Å²) in [5.74, 6) is 3.42. The first-order chi connectivity index (χ1) is 8.92. The minimum atomic E-state index is 0.604. The van der Waals surface area contributed by atoms with Crippen LogP contribution in [0.5, 0.6) is 0 Å². The Morgan fingerprint density at radius 1 is 1.28 bits per heavy atom. The zero-order chi connectivity index (χ0) is 12.2. The van der Waals surface area contributed by atoms with Crippen molar-refractivity contribution in [3.63, 3.8) is 0 Å². The summed E-state index contributed by atoms with van der Waals surface area (Å²) in [4.78, 5) is 8.46. The third kappa shape index (κ3) is 2.67. The Kier molecular flexibility index (Phi) is 3.50. The Hall–Kier alpha value is -1.49. The van der Waals surface area contributed by atoms with Crippen molar-refractivity contribution in [1.82, 2.24) is 14.5 Å². The van der Waals surface area contributed by atoms with Crippen molar-refractivity contribution in [2.75, 3.05) is 16.8 Å². The summed E-state index contributed by atoms with van der Waals surface area (Å²) < 4.78 is 1.90. The second-order valence-electron chi connectivity index (χ2n) is 4.41.